The van der Waals surface area contributed by atoms with Gasteiger partial charge in [0.2, 0.25) is 11.8 Å². The molecule has 1 N–H and O–H groups in total. The fourth-order valence-electron chi connectivity index (χ4n) is 2.56. The van der Waals surface area contributed by atoms with Crippen LogP contribution in [0.3, 0.4) is 0 Å². The van der Waals surface area contributed by atoms with Crippen molar-refractivity contribution in [1.29, 1.82) is 0 Å². The summed E-state index contributed by atoms with van der Waals surface area (Å²) in [7, 11) is 1.41. The molecule has 0 atom stereocenters. The SMILES string of the molecule is COc1ncccc1C(=O)N1CCC(C(=O)NCC(F)(F)F)CC1. The van der Waals surface area contributed by atoms with Crippen LogP contribution in [0.25, 0.3) is 0 Å². The summed E-state index contributed by atoms with van der Waals surface area (Å²) in [6.07, 6.45) is -2.29. The molecule has 1 fully saturated rings. The van der Waals surface area contributed by atoms with Crippen LogP contribution >= 0.6 is 0 Å². The number of piperidine rings is 1. The van der Waals surface area contributed by atoms with E-state index < -0.39 is 24.5 Å². The average Bonchev–Trinajstić information content (AvgIpc) is 2.58. The number of hydrogen-bond acceptors (Lipinski definition) is 4. The van der Waals surface area contributed by atoms with Crippen LogP contribution in [-0.4, -0.2) is 54.6 Å². The van der Waals surface area contributed by atoms with E-state index in [0.717, 1.165) is 0 Å². The van der Waals surface area contributed by atoms with Crippen molar-refractivity contribution in [2.24, 2.45) is 5.92 Å². The molecule has 0 aromatic carbocycles. The number of carbonyl (C=O) groups excluding carboxylic acids is 2. The van der Waals surface area contributed by atoms with Crippen molar-refractivity contribution < 1.29 is 27.5 Å². The Hall–Kier alpha value is -2.32. The van der Waals surface area contributed by atoms with E-state index in [0.29, 0.717) is 31.5 Å². The molecule has 1 aromatic heterocycles. The van der Waals surface area contributed by atoms with Gasteiger partial charge in [-0.25, -0.2) is 4.98 Å². The minimum atomic E-state index is -4.43. The zero-order valence-corrected chi connectivity index (χ0v) is 13.1. The minimum Gasteiger partial charge on any atom is -0.480 e. The molecule has 0 bridgehead atoms. The summed E-state index contributed by atoms with van der Waals surface area (Å²) in [5.74, 6) is -1.20. The van der Waals surface area contributed by atoms with Gasteiger partial charge in [-0.05, 0) is 25.0 Å². The summed E-state index contributed by atoms with van der Waals surface area (Å²) in [5, 5.41) is 1.89. The van der Waals surface area contributed by atoms with Gasteiger partial charge in [0.05, 0.1) is 7.11 Å². The number of methoxy groups -OCH3 is 1. The van der Waals surface area contributed by atoms with Gasteiger partial charge in [0.15, 0.2) is 0 Å². The second-order valence-corrected chi connectivity index (χ2v) is 5.46. The number of halogens is 3. The Balaban J connectivity index is 1.90. The molecule has 2 amide bonds. The Kier molecular flexibility index (Phi) is 5.63. The maximum absolute atomic E-state index is 12.5. The molecule has 9 heteroatoms. The van der Waals surface area contributed by atoms with Crippen LogP contribution in [0.5, 0.6) is 5.88 Å². The molecule has 24 heavy (non-hydrogen) atoms. The van der Waals surface area contributed by atoms with Crippen LogP contribution in [0, 0.1) is 5.92 Å². The normalized spacial score (nSPS) is 15.9. The molecule has 0 spiro atoms. The highest BCUT2D eigenvalue weighted by molar-refractivity contribution is 5.96. The van der Waals surface area contributed by atoms with Gasteiger partial charge >= 0.3 is 6.18 Å². The third kappa shape index (κ3) is 4.59. The first kappa shape index (κ1) is 18.0. The quantitative estimate of drug-likeness (QED) is 0.900. The van der Waals surface area contributed by atoms with E-state index in [1.807, 2.05) is 5.32 Å². The Morgan fingerprint density at radius 2 is 2.04 bits per heavy atom. The Morgan fingerprint density at radius 3 is 2.62 bits per heavy atom. The fraction of sp³-hybridized carbons (Fsp3) is 0.533. The van der Waals surface area contributed by atoms with Gasteiger partial charge in [-0.15, -0.1) is 0 Å². The average molecular weight is 345 g/mol. The lowest BCUT2D eigenvalue weighted by molar-refractivity contribution is -0.141. The van der Waals surface area contributed by atoms with E-state index in [4.69, 9.17) is 4.74 Å². The summed E-state index contributed by atoms with van der Waals surface area (Å²) in [6.45, 7) is -0.750. The van der Waals surface area contributed by atoms with Crippen molar-refractivity contribution in [1.82, 2.24) is 15.2 Å². The van der Waals surface area contributed by atoms with Crippen LogP contribution < -0.4 is 10.1 Å². The zero-order valence-electron chi connectivity index (χ0n) is 13.1. The largest absolute Gasteiger partial charge is 0.480 e. The molecule has 0 unspecified atom stereocenters. The molecule has 2 heterocycles. The number of aromatic nitrogens is 1. The molecule has 1 aromatic rings. The van der Waals surface area contributed by atoms with Gasteiger partial charge < -0.3 is 15.0 Å². The molecule has 6 nitrogen and oxygen atoms in total. The Labute approximate surface area is 137 Å². The van der Waals surface area contributed by atoms with Crippen molar-refractivity contribution in [3.8, 4) is 5.88 Å². The molecule has 0 aliphatic carbocycles. The molecular weight excluding hydrogens is 327 g/mol. The molecule has 0 saturated carbocycles. The van der Waals surface area contributed by atoms with E-state index in [1.54, 1.807) is 17.0 Å². The summed E-state index contributed by atoms with van der Waals surface area (Å²) in [4.78, 5) is 29.7. The summed E-state index contributed by atoms with van der Waals surface area (Å²) in [5.41, 5.74) is 0.319. The van der Waals surface area contributed by atoms with Crippen LogP contribution in [0.1, 0.15) is 23.2 Å². The predicted molar refractivity (Wildman–Crippen MR) is 78.5 cm³/mol. The highest BCUT2D eigenvalue weighted by Gasteiger charge is 2.32. The molecule has 1 aliphatic heterocycles. The molecule has 2 rings (SSSR count). The summed E-state index contributed by atoms with van der Waals surface area (Å²) >= 11 is 0. The van der Waals surface area contributed by atoms with Crippen molar-refractivity contribution in [3.63, 3.8) is 0 Å². The third-order valence-corrected chi connectivity index (χ3v) is 3.81. The Morgan fingerprint density at radius 1 is 1.38 bits per heavy atom. The molecule has 1 aliphatic rings. The highest BCUT2D eigenvalue weighted by atomic mass is 19.4. The molecule has 1 saturated heterocycles. The number of amides is 2. The number of nitrogens with one attached hydrogen (secondary N) is 1. The van der Waals surface area contributed by atoms with E-state index >= 15 is 0 Å². The maximum Gasteiger partial charge on any atom is 0.405 e. The first-order chi connectivity index (χ1) is 11.3. The van der Waals surface area contributed by atoms with Crippen molar-refractivity contribution >= 4 is 11.8 Å². The van der Waals surface area contributed by atoms with E-state index in [9.17, 15) is 22.8 Å². The topological polar surface area (TPSA) is 71.5 Å². The second-order valence-electron chi connectivity index (χ2n) is 5.46. The van der Waals surface area contributed by atoms with Gasteiger partial charge in [0.1, 0.15) is 12.1 Å². The van der Waals surface area contributed by atoms with Gasteiger partial charge in [0.25, 0.3) is 5.91 Å². The number of rotatable bonds is 4. The highest BCUT2D eigenvalue weighted by Crippen LogP contribution is 2.22. The monoisotopic (exact) mass is 345 g/mol. The number of pyridine rings is 1. The molecular formula is C15H18F3N3O3. The third-order valence-electron chi connectivity index (χ3n) is 3.81. The second kappa shape index (κ2) is 7.50. The van der Waals surface area contributed by atoms with Gasteiger partial charge in [-0.3, -0.25) is 9.59 Å². The molecule has 0 radical (unpaired) electrons. The number of alkyl halides is 3. The minimum absolute atomic E-state index is 0.215. The first-order valence-electron chi connectivity index (χ1n) is 7.44. The lowest BCUT2D eigenvalue weighted by Gasteiger charge is -2.31. The fourth-order valence-corrected chi connectivity index (χ4v) is 2.56. The number of nitrogens with zero attached hydrogens (tertiary/aromatic N) is 2. The predicted octanol–water partition coefficient (Wildman–Crippen LogP) is 1.62. The van der Waals surface area contributed by atoms with Gasteiger partial charge in [-0.2, -0.15) is 13.2 Å². The molecule has 132 valence electrons. The lowest BCUT2D eigenvalue weighted by atomic mass is 9.95. The number of likely N-dealkylation sites (tertiary alicyclic amines) is 1. The van der Waals surface area contributed by atoms with Crippen LogP contribution in [0.4, 0.5) is 13.2 Å². The Bertz CT molecular complexity index is 599. The van der Waals surface area contributed by atoms with Crippen LogP contribution in [0.15, 0.2) is 18.3 Å². The zero-order chi connectivity index (χ0) is 17.7. The van der Waals surface area contributed by atoms with Gasteiger partial charge in [-0.1, -0.05) is 0 Å². The standard InChI is InChI=1S/C15H18F3N3O3/c1-24-13-11(3-2-6-19-13)14(23)21-7-4-10(5-8-21)12(22)20-9-15(16,17)18/h2-3,6,10H,4-5,7-9H2,1H3,(H,20,22). The first-order valence-corrected chi connectivity index (χ1v) is 7.44. The lowest BCUT2D eigenvalue weighted by Crippen LogP contribution is -2.44. The number of carbonyl (C=O) groups is 2. The summed E-state index contributed by atoms with van der Waals surface area (Å²) < 4.78 is 41.4. The van der Waals surface area contributed by atoms with E-state index in [1.165, 1.54) is 13.3 Å². The number of ether oxygens (including phenoxy) is 1. The maximum atomic E-state index is 12.5. The smallest absolute Gasteiger partial charge is 0.405 e. The van der Waals surface area contributed by atoms with Gasteiger partial charge in [0, 0.05) is 25.2 Å². The van der Waals surface area contributed by atoms with E-state index in [2.05, 4.69) is 4.98 Å². The van der Waals surface area contributed by atoms with Crippen LogP contribution in [-0.2, 0) is 4.79 Å². The van der Waals surface area contributed by atoms with Crippen molar-refractivity contribution in [3.05, 3.63) is 23.9 Å². The van der Waals surface area contributed by atoms with Crippen molar-refractivity contribution in [2.45, 2.75) is 19.0 Å². The van der Waals surface area contributed by atoms with Crippen molar-refractivity contribution in [2.75, 3.05) is 26.7 Å². The van der Waals surface area contributed by atoms with E-state index in [-0.39, 0.29) is 11.8 Å². The summed E-state index contributed by atoms with van der Waals surface area (Å²) in [6, 6.07) is 3.21. The number of hydrogen-bond donors (Lipinski definition) is 1. The van der Waals surface area contributed by atoms with Crippen LogP contribution in [0.2, 0.25) is 0 Å².